The van der Waals surface area contributed by atoms with Crippen LogP contribution in [0.25, 0.3) is 0 Å². The zero-order chi connectivity index (χ0) is 11.3. The van der Waals surface area contributed by atoms with E-state index in [2.05, 4.69) is 11.9 Å². The van der Waals surface area contributed by atoms with Crippen molar-refractivity contribution in [1.82, 2.24) is 10.2 Å². The van der Waals surface area contributed by atoms with Crippen molar-refractivity contribution in [2.45, 2.75) is 12.8 Å². The molecule has 5 heteroatoms. The van der Waals surface area contributed by atoms with Crippen molar-refractivity contribution >= 4 is 12.0 Å². The van der Waals surface area contributed by atoms with Gasteiger partial charge in [0.2, 0.25) is 5.91 Å². The Hall–Kier alpha value is -1.52. The number of carbonyl (C=O) groups excluding carboxylic acids is 1. The number of hydrogen-bond donors (Lipinski definition) is 2. The van der Waals surface area contributed by atoms with Crippen LogP contribution >= 0.6 is 0 Å². The zero-order valence-corrected chi connectivity index (χ0v) is 8.61. The van der Waals surface area contributed by atoms with E-state index in [1.807, 2.05) is 0 Å². The van der Waals surface area contributed by atoms with E-state index >= 15 is 0 Å². The average Bonchev–Trinajstić information content (AvgIpc) is 2.26. The largest absolute Gasteiger partial charge is 0.465 e. The number of amides is 2. The summed E-state index contributed by atoms with van der Waals surface area (Å²) in [5.74, 6) is -0.0551. The summed E-state index contributed by atoms with van der Waals surface area (Å²) in [4.78, 5) is 23.5. The van der Waals surface area contributed by atoms with E-state index in [0.29, 0.717) is 32.5 Å². The molecule has 0 aromatic carbocycles. The molecule has 1 saturated heterocycles. The Morgan fingerprint density at radius 3 is 2.53 bits per heavy atom. The molecule has 0 unspecified atom stereocenters. The summed E-state index contributed by atoms with van der Waals surface area (Å²) < 4.78 is 0. The molecule has 1 heterocycles. The molecule has 0 saturated carbocycles. The molecule has 1 aliphatic heterocycles. The summed E-state index contributed by atoms with van der Waals surface area (Å²) in [5.41, 5.74) is 0. The molecule has 15 heavy (non-hydrogen) atoms. The lowest BCUT2D eigenvalue weighted by molar-refractivity contribution is -0.126. The molecule has 2 amide bonds. The van der Waals surface area contributed by atoms with Crippen LogP contribution in [0.15, 0.2) is 12.7 Å². The molecule has 5 nitrogen and oxygen atoms in total. The van der Waals surface area contributed by atoms with Crippen LogP contribution in [0.4, 0.5) is 4.79 Å². The Kier molecular flexibility index (Phi) is 4.15. The van der Waals surface area contributed by atoms with Crippen LogP contribution in [0.5, 0.6) is 0 Å². The van der Waals surface area contributed by atoms with E-state index in [-0.39, 0.29) is 11.8 Å². The van der Waals surface area contributed by atoms with Crippen molar-refractivity contribution in [3.8, 4) is 0 Å². The lowest BCUT2D eigenvalue weighted by atomic mass is 9.96. The quantitative estimate of drug-likeness (QED) is 0.676. The summed E-state index contributed by atoms with van der Waals surface area (Å²) in [7, 11) is 0. The van der Waals surface area contributed by atoms with Crippen molar-refractivity contribution in [2.24, 2.45) is 5.92 Å². The fourth-order valence-electron chi connectivity index (χ4n) is 1.65. The van der Waals surface area contributed by atoms with Crippen LogP contribution in [-0.4, -0.2) is 41.6 Å². The number of rotatable bonds is 3. The summed E-state index contributed by atoms with van der Waals surface area (Å²) in [6.45, 7) is 4.87. The third-order valence-electron chi connectivity index (χ3n) is 2.56. The molecule has 1 rings (SSSR count). The topological polar surface area (TPSA) is 69.6 Å². The second-order valence-corrected chi connectivity index (χ2v) is 3.58. The molecule has 84 valence electrons. The Morgan fingerprint density at radius 2 is 2.07 bits per heavy atom. The predicted octanol–water partition coefficient (Wildman–Crippen LogP) is 0.679. The van der Waals surface area contributed by atoms with Gasteiger partial charge in [-0.3, -0.25) is 4.79 Å². The minimum atomic E-state index is -0.903. The van der Waals surface area contributed by atoms with E-state index < -0.39 is 6.09 Å². The van der Waals surface area contributed by atoms with Crippen LogP contribution in [0.3, 0.4) is 0 Å². The van der Waals surface area contributed by atoms with Gasteiger partial charge in [-0.05, 0) is 12.8 Å². The van der Waals surface area contributed by atoms with Gasteiger partial charge in [-0.15, -0.1) is 6.58 Å². The minimum absolute atomic E-state index is 0.0000567. The molecule has 0 spiro atoms. The maximum atomic E-state index is 11.5. The van der Waals surface area contributed by atoms with Crippen molar-refractivity contribution in [3.05, 3.63) is 12.7 Å². The highest BCUT2D eigenvalue weighted by Crippen LogP contribution is 2.17. The summed E-state index contributed by atoms with van der Waals surface area (Å²) in [5, 5.41) is 11.4. The maximum Gasteiger partial charge on any atom is 0.407 e. The highest BCUT2D eigenvalue weighted by molar-refractivity contribution is 5.79. The van der Waals surface area contributed by atoms with Crippen molar-refractivity contribution in [1.29, 1.82) is 0 Å². The van der Waals surface area contributed by atoms with Gasteiger partial charge in [0.05, 0.1) is 0 Å². The van der Waals surface area contributed by atoms with Crippen molar-refractivity contribution in [3.63, 3.8) is 0 Å². The Morgan fingerprint density at radius 1 is 1.47 bits per heavy atom. The van der Waals surface area contributed by atoms with Crippen molar-refractivity contribution in [2.75, 3.05) is 19.6 Å². The first kappa shape index (κ1) is 11.6. The predicted molar refractivity (Wildman–Crippen MR) is 55.5 cm³/mol. The molecule has 0 aliphatic carbocycles. The molecule has 2 N–H and O–H groups in total. The smallest absolute Gasteiger partial charge is 0.407 e. The van der Waals surface area contributed by atoms with Crippen LogP contribution in [0, 0.1) is 5.92 Å². The van der Waals surface area contributed by atoms with Gasteiger partial charge in [0.15, 0.2) is 0 Å². The normalized spacial score (nSPS) is 17.2. The van der Waals surface area contributed by atoms with Gasteiger partial charge in [0, 0.05) is 25.6 Å². The van der Waals surface area contributed by atoms with Gasteiger partial charge in [0.1, 0.15) is 0 Å². The van der Waals surface area contributed by atoms with Gasteiger partial charge >= 0.3 is 6.09 Å². The first-order valence-corrected chi connectivity index (χ1v) is 5.01. The molecule has 1 aliphatic rings. The monoisotopic (exact) mass is 212 g/mol. The van der Waals surface area contributed by atoms with Crippen LogP contribution in [0.1, 0.15) is 12.8 Å². The van der Waals surface area contributed by atoms with E-state index in [0.717, 1.165) is 0 Å². The van der Waals surface area contributed by atoms with E-state index in [9.17, 15) is 9.59 Å². The number of likely N-dealkylation sites (tertiary alicyclic amines) is 1. The Balaban J connectivity index is 2.33. The number of carbonyl (C=O) groups is 2. The van der Waals surface area contributed by atoms with E-state index in [1.165, 1.54) is 4.90 Å². The van der Waals surface area contributed by atoms with Gasteiger partial charge < -0.3 is 15.3 Å². The fourth-order valence-corrected chi connectivity index (χ4v) is 1.65. The van der Waals surface area contributed by atoms with Crippen molar-refractivity contribution < 1.29 is 14.7 Å². The van der Waals surface area contributed by atoms with Gasteiger partial charge in [-0.2, -0.15) is 0 Å². The SMILES string of the molecule is C=CCNC(=O)C1CCN(C(=O)O)CC1. The van der Waals surface area contributed by atoms with E-state index in [1.54, 1.807) is 6.08 Å². The fraction of sp³-hybridized carbons (Fsp3) is 0.600. The first-order chi connectivity index (χ1) is 7.15. The van der Waals surface area contributed by atoms with Gasteiger partial charge in [-0.25, -0.2) is 4.79 Å². The summed E-state index contributed by atoms with van der Waals surface area (Å²) >= 11 is 0. The third kappa shape index (κ3) is 3.27. The summed E-state index contributed by atoms with van der Waals surface area (Å²) in [6.07, 6.45) is 1.94. The number of nitrogens with zero attached hydrogens (tertiary/aromatic N) is 1. The number of piperidine rings is 1. The maximum absolute atomic E-state index is 11.5. The molecular weight excluding hydrogens is 196 g/mol. The lowest BCUT2D eigenvalue weighted by Gasteiger charge is -2.29. The molecule has 0 bridgehead atoms. The highest BCUT2D eigenvalue weighted by atomic mass is 16.4. The standard InChI is InChI=1S/C10H16N2O3/c1-2-5-11-9(13)8-3-6-12(7-4-8)10(14)15/h2,8H,1,3-7H2,(H,11,13)(H,14,15). The van der Waals surface area contributed by atoms with Gasteiger partial charge in [0.25, 0.3) is 0 Å². The first-order valence-electron chi connectivity index (χ1n) is 5.01. The van der Waals surface area contributed by atoms with Gasteiger partial charge in [-0.1, -0.05) is 6.08 Å². The van der Waals surface area contributed by atoms with Crippen LogP contribution < -0.4 is 5.32 Å². The lowest BCUT2D eigenvalue weighted by Crippen LogP contribution is -2.42. The molecular formula is C10H16N2O3. The number of carboxylic acid groups (broad SMARTS) is 1. The zero-order valence-electron chi connectivity index (χ0n) is 8.61. The Labute approximate surface area is 88.8 Å². The molecule has 0 aromatic rings. The third-order valence-corrected chi connectivity index (χ3v) is 2.56. The highest BCUT2D eigenvalue weighted by Gasteiger charge is 2.26. The second-order valence-electron chi connectivity index (χ2n) is 3.58. The second kappa shape index (κ2) is 5.38. The number of nitrogens with one attached hydrogen (secondary N) is 1. The molecule has 0 aromatic heterocycles. The molecule has 0 radical (unpaired) electrons. The summed E-state index contributed by atoms with van der Waals surface area (Å²) in [6, 6.07) is 0. The number of hydrogen-bond acceptors (Lipinski definition) is 2. The molecule has 0 atom stereocenters. The van der Waals surface area contributed by atoms with E-state index in [4.69, 9.17) is 5.11 Å². The minimum Gasteiger partial charge on any atom is -0.465 e. The Bertz CT molecular complexity index is 257. The van der Waals surface area contributed by atoms with Crippen LogP contribution in [0.2, 0.25) is 0 Å². The molecule has 1 fully saturated rings. The van der Waals surface area contributed by atoms with Crippen LogP contribution in [-0.2, 0) is 4.79 Å². The average molecular weight is 212 g/mol.